The molecule has 0 radical (unpaired) electrons. The fourth-order valence-corrected chi connectivity index (χ4v) is 2.31. The van der Waals surface area contributed by atoms with Crippen LogP contribution in [0.15, 0.2) is 0 Å². The van der Waals surface area contributed by atoms with E-state index in [0.717, 1.165) is 12.8 Å². The lowest BCUT2D eigenvalue weighted by atomic mass is 9.98. The fraction of sp³-hybridized carbons (Fsp3) is 0.800. The Hall–Kier alpha value is -0.890. The number of nitriles is 1. The van der Waals surface area contributed by atoms with Crippen molar-refractivity contribution in [2.45, 2.75) is 24.5 Å². The smallest absolute Gasteiger partial charge is 0.409 e. The van der Waals surface area contributed by atoms with Crippen LogP contribution >= 0.6 is 11.8 Å². The highest BCUT2D eigenvalue weighted by molar-refractivity contribution is 8.00. The van der Waals surface area contributed by atoms with Gasteiger partial charge in [-0.05, 0) is 26.0 Å². The zero-order valence-corrected chi connectivity index (χ0v) is 9.97. The van der Waals surface area contributed by atoms with Crippen LogP contribution in [-0.4, -0.2) is 41.7 Å². The first kappa shape index (κ1) is 12.2. The summed E-state index contributed by atoms with van der Waals surface area (Å²) < 4.78 is 4.61. The predicted octanol–water partition coefficient (Wildman–Crippen LogP) is 1.86. The van der Waals surface area contributed by atoms with Crippen molar-refractivity contribution in [1.82, 2.24) is 4.90 Å². The molecule has 1 aliphatic heterocycles. The quantitative estimate of drug-likeness (QED) is 0.724. The first-order valence-electron chi connectivity index (χ1n) is 5.05. The molecule has 1 aliphatic rings. The summed E-state index contributed by atoms with van der Waals surface area (Å²) in [5.74, 6) is 0. The minimum absolute atomic E-state index is 0.259. The monoisotopic (exact) mass is 228 g/mol. The topological polar surface area (TPSA) is 53.3 Å². The summed E-state index contributed by atoms with van der Waals surface area (Å²) >= 11 is 1.58. The molecular weight excluding hydrogens is 212 g/mol. The molecule has 0 N–H and O–H groups in total. The van der Waals surface area contributed by atoms with Crippen LogP contribution in [-0.2, 0) is 4.74 Å². The van der Waals surface area contributed by atoms with Gasteiger partial charge in [0.1, 0.15) is 4.75 Å². The molecule has 84 valence electrons. The Bertz CT molecular complexity index is 267. The molecule has 0 saturated carbocycles. The van der Waals surface area contributed by atoms with Crippen molar-refractivity contribution in [1.29, 1.82) is 5.26 Å². The van der Waals surface area contributed by atoms with Gasteiger partial charge in [0.25, 0.3) is 0 Å². The van der Waals surface area contributed by atoms with Gasteiger partial charge in [0, 0.05) is 13.1 Å². The van der Waals surface area contributed by atoms with Crippen LogP contribution < -0.4 is 0 Å². The highest BCUT2D eigenvalue weighted by atomic mass is 32.2. The summed E-state index contributed by atoms with van der Waals surface area (Å²) in [7, 11) is 0. The van der Waals surface area contributed by atoms with Crippen LogP contribution in [0.25, 0.3) is 0 Å². The molecule has 0 bridgehead atoms. The van der Waals surface area contributed by atoms with E-state index in [9.17, 15) is 4.79 Å². The van der Waals surface area contributed by atoms with Crippen LogP contribution in [0.3, 0.4) is 0 Å². The number of ether oxygens (including phenoxy) is 1. The third kappa shape index (κ3) is 2.78. The van der Waals surface area contributed by atoms with E-state index in [1.54, 1.807) is 23.6 Å². The van der Waals surface area contributed by atoms with Crippen molar-refractivity contribution in [3.8, 4) is 6.07 Å². The Morgan fingerprint density at radius 2 is 2.20 bits per heavy atom. The lowest BCUT2D eigenvalue weighted by Crippen LogP contribution is -2.44. The van der Waals surface area contributed by atoms with Gasteiger partial charge in [-0.25, -0.2) is 4.79 Å². The molecule has 1 fully saturated rings. The Morgan fingerprint density at radius 3 is 2.60 bits per heavy atom. The van der Waals surface area contributed by atoms with Crippen LogP contribution in [0, 0.1) is 11.3 Å². The molecule has 1 saturated heterocycles. The molecule has 0 spiro atoms. The number of rotatable bonds is 2. The van der Waals surface area contributed by atoms with E-state index in [-0.39, 0.29) is 10.8 Å². The van der Waals surface area contributed by atoms with Crippen LogP contribution in [0.1, 0.15) is 19.8 Å². The molecule has 0 aliphatic carbocycles. The number of hydrogen-bond acceptors (Lipinski definition) is 4. The summed E-state index contributed by atoms with van der Waals surface area (Å²) in [5, 5.41) is 9.06. The molecule has 0 aromatic carbocycles. The van der Waals surface area contributed by atoms with Crippen molar-refractivity contribution in [2.24, 2.45) is 0 Å². The van der Waals surface area contributed by atoms with Crippen LogP contribution in [0.4, 0.5) is 4.79 Å². The number of nitrogens with zero attached hydrogens (tertiary/aromatic N) is 2. The average Bonchev–Trinajstić information content (AvgIpc) is 2.29. The maximum Gasteiger partial charge on any atom is 0.409 e. The van der Waals surface area contributed by atoms with Gasteiger partial charge < -0.3 is 9.64 Å². The first-order valence-corrected chi connectivity index (χ1v) is 6.28. The molecule has 4 nitrogen and oxygen atoms in total. The van der Waals surface area contributed by atoms with Crippen LogP contribution in [0.5, 0.6) is 0 Å². The van der Waals surface area contributed by atoms with E-state index in [4.69, 9.17) is 10.00 Å². The van der Waals surface area contributed by atoms with Crippen molar-refractivity contribution in [3.05, 3.63) is 0 Å². The number of carbonyl (C=O) groups is 1. The van der Waals surface area contributed by atoms with Gasteiger partial charge >= 0.3 is 6.09 Å². The van der Waals surface area contributed by atoms with Gasteiger partial charge in [-0.3, -0.25) is 0 Å². The summed E-state index contributed by atoms with van der Waals surface area (Å²) in [5.41, 5.74) is 0. The lowest BCUT2D eigenvalue weighted by Gasteiger charge is -2.35. The van der Waals surface area contributed by atoms with Crippen molar-refractivity contribution >= 4 is 17.9 Å². The third-order valence-corrected chi connectivity index (χ3v) is 3.97. The second-order valence-corrected chi connectivity index (χ2v) is 4.69. The van der Waals surface area contributed by atoms with Gasteiger partial charge in [0.05, 0.1) is 12.7 Å². The molecule has 1 heterocycles. The normalized spacial score (nSPS) is 19.4. The Labute approximate surface area is 94.6 Å². The number of piperidine rings is 1. The number of carbonyl (C=O) groups excluding carboxylic acids is 1. The van der Waals surface area contributed by atoms with Crippen molar-refractivity contribution < 1.29 is 9.53 Å². The largest absolute Gasteiger partial charge is 0.450 e. The van der Waals surface area contributed by atoms with Gasteiger partial charge in [-0.1, -0.05) is 0 Å². The third-order valence-electron chi connectivity index (χ3n) is 2.69. The average molecular weight is 228 g/mol. The van der Waals surface area contributed by atoms with Crippen molar-refractivity contribution in [3.63, 3.8) is 0 Å². The lowest BCUT2D eigenvalue weighted by molar-refractivity contribution is 0.0979. The Balaban J connectivity index is 2.49. The number of hydrogen-bond donors (Lipinski definition) is 0. The summed E-state index contributed by atoms with van der Waals surface area (Å²) in [6.07, 6.45) is 3.14. The molecule has 0 aromatic heterocycles. The first-order chi connectivity index (χ1) is 7.17. The maximum atomic E-state index is 11.4. The maximum absolute atomic E-state index is 11.4. The van der Waals surface area contributed by atoms with Gasteiger partial charge in [-0.15, -0.1) is 11.8 Å². The second kappa shape index (κ2) is 5.26. The second-order valence-electron chi connectivity index (χ2n) is 3.50. The molecule has 15 heavy (non-hydrogen) atoms. The summed E-state index contributed by atoms with van der Waals surface area (Å²) in [6, 6.07) is 2.34. The van der Waals surface area contributed by atoms with Crippen LogP contribution in [0.2, 0.25) is 0 Å². The molecular formula is C10H16N2O2S. The minimum atomic E-state index is -0.303. The van der Waals surface area contributed by atoms with E-state index in [2.05, 4.69) is 6.07 Å². The van der Waals surface area contributed by atoms with Gasteiger partial charge in [-0.2, -0.15) is 5.26 Å². The molecule has 1 amide bonds. The number of likely N-dealkylation sites (tertiary alicyclic amines) is 1. The highest BCUT2D eigenvalue weighted by Gasteiger charge is 2.35. The van der Waals surface area contributed by atoms with E-state index in [1.165, 1.54) is 0 Å². The van der Waals surface area contributed by atoms with Gasteiger partial charge in [0.15, 0.2) is 0 Å². The zero-order chi connectivity index (χ0) is 11.3. The highest BCUT2D eigenvalue weighted by Crippen LogP contribution is 2.33. The molecule has 5 heteroatoms. The zero-order valence-electron chi connectivity index (χ0n) is 9.15. The Kier molecular flexibility index (Phi) is 4.28. The number of amides is 1. The number of thioether (sulfide) groups is 1. The molecule has 0 atom stereocenters. The molecule has 0 aromatic rings. The molecule has 1 rings (SSSR count). The van der Waals surface area contributed by atoms with E-state index < -0.39 is 0 Å². The van der Waals surface area contributed by atoms with E-state index in [1.807, 2.05) is 6.26 Å². The van der Waals surface area contributed by atoms with Crippen molar-refractivity contribution in [2.75, 3.05) is 26.0 Å². The standard InChI is InChI=1S/C10H16N2O2S/c1-3-14-9(13)12-6-4-10(8-11,15-2)5-7-12/h3-7H2,1-2H3. The Morgan fingerprint density at radius 1 is 1.60 bits per heavy atom. The van der Waals surface area contributed by atoms with Gasteiger partial charge in [0.2, 0.25) is 0 Å². The van der Waals surface area contributed by atoms with E-state index >= 15 is 0 Å². The summed E-state index contributed by atoms with van der Waals surface area (Å²) in [6.45, 7) is 3.44. The van der Waals surface area contributed by atoms with E-state index in [0.29, 0.717) is 19.7 Å². The fourth-order valence-electron chi connectivity index (χ4n) is 1.63. The molecule has 0 unspecified atom stereocenters. The minimum Gasteiger partial charge on any atom is -0.450 e. The SMILES string of the molecule is CCOC(=O)N1CCC(C#N)(SC)CC1. The predicted molar refractivity (Wildman–Crippen MR) is 59.7 cm³/mol. The summed E-state index contributed by atoms with van der Waals surface area (Å²) in [4.78, 5) is 13.1.